The first-order chi connectivity index (χ1) is 12.5. The summed E-state index contributed by atoms with van der Waals surface area (Å²) in [6.45, 7) is 3.90. The Hall–Kier alpha value is -2.40. The summed E-state index contributed by atoms with van der Waals surface area (Å²) in [5.74, 6) is 0.196. The number of nitrogens with zero attached hydrogens (tertiary/aromatic N) is 2. The molecule has 0 radical (unpaired) electrons. The molecule has 0 saturated carbocycles. The van der Waals surface area contributed by atoms with Gasteiger partial charge in [0.25, 0.3) is 5.56 Å². The van der Waals surface area contributed by atoms with Crippen LogP contribution in [-0.2, 0) is 19.2 Å². The fourth-order valence-electron chi connectivity index (χ4n) is 2.73. The molecule has 0 bridgehead atoms. The minimum absolute atomic E-state index is 0.0471. The van der Waals surface area contributed by atoms with Crippen LogP contribution in [0.3, 0.4) is 0 Å². The molecule has 3 nitrogen and oxygen atoms in total. The van der Waals surface area contributed by atoms with Gasteiger partial charge < -0.3 is 0 Å². The van der Waals surface area contributed by atoms with Crippen molar-refractivity contribution < 1.29 is 4.39 Å². The molecule has 0 aliphatic rings. The summed E-state index contributed by atoms with van der Waals surface area (Å²) < 4.78 is 15.3. The molecule has 3 aromatic rings. The van der Waals surface area contributed by atoms with Crippen LogP contribution in [-0.4, -0.2) is 9.55 Å². The highest BCUT2D eigenvalue weighted by Gasteiger charge is 2.13. The maximum atomic E-state index is 13.8. The van der Waals surface area contributed by atoms with Crippen LogP contribution in [0, 0.1) is 19.7 Å². The van der Waals surface area contributed by atoms with E-state index in [0.29, 0.717) is 28.5 Å². The van der Waals surface area contributed by atoms with Crippen molar-refractivity contribution in [1.29, 1.82) is 0 Å². The number of hydrogen-bond acceptors (Lipinski definition) is 3. The smallest absolute Gasteiger partial charge is 0.257 e. The highest BCUT2D eigenvalue weighted by molar-refractivity contribution is 7.98. The van der Waals surface area contributed by atoms with Gasteiger partial charge in [-0.15, -0.1) is 0 Å². The second kappa shape index (κ2) is 7.87. The monoisotopic (exact) mass is 368 g/mol. The molecule has 0 N–H and O–H groups in total. The zero-order valence-corrected chi connectivity index (χ0v) is 15.9. The summed E-state index contributed by atoms with van der Waals surface area (Å²) in [5, 5.41) is 0.600. The van der Waals surface area contributed by atoms with E-state index in [2.05, 4.69) is 4.98 Å². The molecule has 1 aromatic heterocycles. The van der Waals surface area contributed by atoms with Crippen LogP contribution in [0.25, 0.3) is 0 Å². The molecule has 0 aliphatic carbocycles. The van der Waals surface area contributed by atoms with Crippen molar-refractivity contribution in [3.8, 4) is 0 Å². The molecule has 1 heterocycles. The predicted octanol–water partition coefficient (Wildman–Crippen LogP) is 4.42. The molecule has 0 atom stereocenters. The molecule has 134 valence electrons. The lowest BCUT2D eigenvalue weighted by Gasteiger charge is -2.12. The summed E-state index contributed by atoms with van der Waals surface area (Å²) in [4.78, 5) is 17.4. The van der Waals surface area contributed by atoms with E-state index >= 15 is 0 Å². The van der Waals surface area contributed by atoms with E-state index in [1.165, 1.54) is 23.4 Å². The molecule has 5 heteroatoms. The van der Waals surface area contributed by atoms with Gasteiger partial charge >= 0.3 is 0 Å². The minimum atomic E-state index is -0.238. The van der Waals surface area contributed by atoms with Crippen molar-refractivity contribution in [3.63, 3.8) is 0 Å². The average molecular weight is 368 g/mol. The number of halogens is 1. The molecule has 0 aliphatic heterocycles. The van der Waals surface area contributed by atoms with Crippen molar-refractivity contribution in [2.75, 3.05) is 0 Å². The topological polar surface area (TPSA) is 34.9 Å². The Labute approximate surface area is 156 Å². The Morgan fingerprint density at radius 2 is 1.77 bits per heavy atom. The molecule has 0 spiro atoms. The Balaban J connectivity index is 1.84. The average Bonchev–Trinajstić information content (AvgIpc) is 2.63. The van der Waals surface area contributed by atoms with E-state index < -0.39 is 0 Å². The summed E-state index contributed by atoms with van der Waals surface area (Å²) in [5.41, 5.74) is 4.26. The predicted molar refractivity (Wildman–Crippen MR) is 104 cm³/mol. The highest BCUT2D eigenvalue weighted by atomic mass is 32.2. The molecule has 2 aromatic carbocycles. The molecule has 0 fully saturated rings. The second-order valence-corrected chi connectivity index (χ2v) is 7.31. The van der Waals surface area contributed by atoms with Gasteiger partial charge in [-0.25, -0.2) is 9.37 Å². The van der Waals surface area contributed by atoms with Gasteiger partial charge in [0.15, 0.2) is 5.16 Å². The second-order valence-electron chi connectivity index (χ2n) is 6.36. The fraction of sp³-hybridized carbons (Fsp3) is 0.238. The van der Waals surface area contributed by atoms with Crippen molar-refractivity contribution >= 4 is 11.8 Å². The van der Waals surface area contributed by atoms with Crippen LogP contribution in [0.15, 0.2) is 58.5 Å². The first-order valence-electron chi connectivity index (χ1n) is 8.44. The van der Waals surface area contributed by atoms with E-state index in [9.17, 15) is 9.18 Å². The van der Waals surface area contributed by atoms with Crippen LogP contribution in [0.4, 0.5) is 4.39 Å². The number of benzene rings is 2. The maximum Gasteiger partial charge on any atom is 0.257 e. The third-order valence-corrected chi connectivity index (χ3v) is 5.44. The summed E-state index contributed by atoms with van der Waals surface area (Å²) >= 11 is 1.37. The van der Waals surface area contributed by atoms with Crippen LogP contribution in [0.1, 0.15) is 27.9 Å². The first-order valence-corrected chi connectivity index (χ1v) is 9.42. The normalized spacial score (nSPS) is 10.9. The zero-order chi connectivity index (χ0) is 18.7. The summed E-state index contributed by atoms with van der Waals surface area (Å²) in [7, 11) is 1.72. The summed E-state index contributed by atoms with van der Waals surface area (Å²) in [6, 6.07) is 14.8. The van der Waals surface area contributed by atoms with Crippen LogP contribution in [0.5, 0.6) is 0 Å². The quantitative estimate of drug-likeness (QED) is 0.494. The standard InChI is InChI=1S/C21H21FN2OS/c1-14-8-10-16(11-9-14)12-18-15(2)23-21(24(3)20(18)25)26-13-17-6-4-5-7-19(17)22/h4-11H,12-13H2,1-3H3. The van der Waals surface area contributed by atoms with Crippen molar-refractivity contribution in [1.82, 2.24) is 9.55 Å². The van der Waals surface area contributed by atoms with Crippen LogP contribution >= 0.6 is 11.8 Å². The first kappa shape index (κ1) is 18.4. The highest BCUT2D eigenvalue weighted by Crippen LogP contribution is 2.22. The Morgan fingerprint density at radius 3 is 2.46 bits per heavy atom. The maximum absolute atomic E-state index is 13.8. The number of rotatable bonds is 5. The zero-order valence-electron chi connectivity index (χ0n) is 15.1. The SMILES string of the molecule is Cc1ccc(Cc2c(C)nc(SCc3ccccc3F)n(C)c2=O)cc1. The van der Waals surface area contributed by atoms with Crippen molar-refractivity contribution in [3.05, 3.63) is 92.6 Å². The lowest BCUT2D eigenvalue weighted by atomic mass is 10.0. The van der Waals surface area contributed by atoms with Gasteiger partial charge in [0.1, 0.15) is 5.82 Å². The lowest BCUT2D eigenvalue weighted by Crippen LogP contribution is -2.25. The van der Waals surface area contributed by atoms with E-state index in [0.717, 1.165) is 11.3 Å². The minimum Gasteiger partial charge on any atom is -0.291 e. The third kappa shape index (κ3) is 4.05. The number of aromatic nitrogens is 2. The van der Waals surface area contributed by atoms with E-state index in [4.69, 9.17) is 0 Å². The fourth-order valence-corrected chi connectivity index (χ4v) is 3.73. The number of thioether (sulfide) groups is 1. The van der Waals surface area contributed by atoms with E-state index in [1.807, 2.05) is 38.1 Å². The van der Waals surface area contributed by atoms with Gasteiger partial charge in [-0.2, -0.15) is 0 Å². The Kier molecular flexibility index (Phi) is 5.57. The molecular formula is C21H21FN2OS. The largest absolute Gasteiger partial charge is 0.291 e. The molecule has 3 rings (SSSR count). The van der Waals surface area contributed by atoms with Gasteiger partial charge in [0.05, 0.1) is 0 Å². The Bertz CT molecular complexity index is 980. The summed E-state index contributed by atoms with van der Waals surface area (Å²) in [6.07, 6.45) is 0.560. The Morgan fingerprint density at radius 1 is 1.08 bits per heavy atom. The van der Waals surface area contributed by atoms with Gasteiger partial charge in [-0.1, -0.05) is 59.8 Å². The number of hydrogen-bond donors (Lipinski definition) is 0. The molecular weight excluding hydrogens is 347 g/mol. The van der Waals surface area contributed by atoms with Gasteiger partial charge in [0.2, 0.25) is 0 Å². The third-order valence-electron chi connectivity index (χ3n) is 4.37. The van der Waals surface area contributed by atoms with Gasteiger partial charge in [0, 0.05) is 30.5 Å². The number of aryl methyl sites for hydroxylation is 2. The molecule has 0 saturated heterocycles. The lowest BCUT2D eigenvalue weighted by molar-refractivity contribution is 0.617. The molecule has 0 unspecified atom stereocenters. The van der Waals surface area contributed by atoms with Crippen LogP contribution < -0.4 is 5.56 Å². The van der Waals surface area contributed by atoms with E-state index in [1.54, 1.807) is 29.8 Å². The molecule has 0 amide bonds. The molecule has 26 heavy (non-hydrogen) atoms. The van der Waals surface area contributed by atoms with Crippen molar-refractivity contribution in [2.24, 2.45) is 7.05 Å². The van der Waals surface area contributed by atoms with Crippen molar-refractivity contribution in [2.45, 2.75) is 31.2 Å². The van der Waals surface area contributed by atoms with Gasteiger partial charge in [-0.05, 0) is 31.0 Å². The van der Waals surface area contributed by atoms with Crippen LogP contribution in [0.2, 0.25) is 0 Å². The van der Waals surface area contributed by atoms with Gasteiger partial charge in [-0.3, -0.25) is 9.36 Å². The van der Waals surface area contributed by atoms with E-state index in [-0.39, 0.29) is 11.4 Å².